The summed E-state index contributed by atoms with van der Waals surface area (Å²) in [5.41, 5.74) is 0. The summed E-state index contributed by atoms with van der Waals surface area (Å²) in [5, 5.41) is -1.09. The normalized spacial score (nSPS) is 49.3. The number of thioether (sulfide) groups is 1. The van der Waals surface area contributed by atoms with E-state index in [9.17, 15) is 0 Å². The molecule has 1 nitrogen and oxygen atoms in total. The summed E-state index contributed by atoms with van der Waals surface area (Å²) in [6.07, 6.45) is 1.82. The fraction of sp³-hybridized carbons (Fsp3) is 1.00. The fourth-order valence-corrected chi connectivity index (χ4v) is 4.54. The summed E-state index contributed by atoms with van der Waals surface area (Å²) < 4.78 is 5.32. The number of rotatable bonds is 2. The van der Waals surface area contributed by atoms with Crippen molar-refractivity contribution in [3.8, 4) is 0 Å². The van der Waals surface area contributed by atoms with Crippen LogP contribution in [0.5, 0.6) is 0 Å². The van der Waals surface area contributed by atoms with E-state index in [0.29, 0.717) is 0 Å². The van der Waals surface area contributed by atoms with Crippen molar-refractivity contribution in [3.63, 3.8) is 0 Å². The molecule has 1 rings (SSSR count). The van der Waals surface area contributed by atoms with E-state index in [-0.39, 0.29) is 32.9 Å². The molecule has 0 saturated heterocycles. The minimum Gasteiger partial charge on any atom is -0.379 e. The Kier molecular flexibility index (Phi) is 5.51. The Bertz CT molecular complexity index is 174. The minimum atomic E-state index is -0.353. The molecule has 6 unspecified atom stereocenters. The van der Waals surface area contributed by atoms with Crippen LogP contribution in [0.4, 0.5) is 0 Å². The van der Waals surface area contributed by atoms with Crippen LogP contribution in [0, 0.1) is 0 Å². The third-order valence-corrected chi connectivity index (χ3v) is 6.20. The lowest BCUT2D eigenvalue weighted by molar-refractivity contribution is 0.0832. The summed E-state index contributed by atoms with van der Waals surface area (Å²) in [6.45, 7) is 0. The third-order valence-electron chi connectivity index (χ3n) is 2.41. The molecule has 6 heteroatoms. The molecular weight excluding hydrogens is 286 g/mol. The molecule has 1 saturated carbocycles. The first-order valence-corrected chi connectivity index (χ1v) is 7.19. The maximum Gasteiger partial charge on any atom is 0.0882 e. The van der Waals surface area contributed by atoms with Gasteiger partial charge in [-0.05, 0) is 6.26 Å². The van der Waals surface area contributed by atoms with Gasteiger partial charge in [-0.2, -0.15) is 11.8 Å². The molecule has 0 radical (unpaired) electrons. The van der Waals surface area contributed by atoms with Crippen LogP contribution >= 0.6 is 58.2 Å². The molecule has 0 aromatic carbocycles. The van der Waals surface area contributed by atoms with Crippen molar-refractivity contribution in [2.75, 3.05) is 13.4 Å². The molecule has 14 heavy (non-hydrogen) atoms. The molecule has 0 aliphatic heterocycles. The lowest BCUT2D eigenvalue weighted by Crippen LogP contribution is -2.55. The van der Waals surface area contributed by atoms with E-state index < -0.39 is 0 Å². The van der Waals surface area contributed by atoms with Crippen molar-refractivity contribution in [3.05, 3.63) is 0 Å². The molecule has 0 heterocycles. The van der Waals surface area contributed by atoms with Crippen LogP contribution < -0.4 is 0 Å². The molecule has 0 N–H and O–H groups in total. The van der Waals surface area contributed by atoms with Gasteiger partial charge in [0, 0.05) is 7.11 Å². The maximum atomic E-state index is 6.19. The number of methoxy groups -OCH3 is 1. The molecular formula is C8H12Cl4OS. The molecule has 0 aromatic heterocycles. The van der Waals surface area contributed by atoms with Crippen molar-refractivity contribution < 1.29 is 4.74 Å². The summed E-state index contributed by atoms with van der Waals surface area (Å²) in [6, 6.07) is 0. The number of hydrogen-bond donors (Lipinski definition) is 0. The Hall–Kier alpha value is 1.47. The van der Waals surface area contributed by atoms with Crippen molar-refractivity contribution in [1.29, 1.82) is 0 Å². The Balaban J connectivity index is 2.84. The second kappa shape index (κ2) is 5.70. The van der Waals surface area contributed by atoms with Gasteiger partial charge in [0.05, 0.1) is 32.9 Å². The molecule has 1 fully saturated rings. The zero-order valence-corrected chi connectivity index (χ0v) is 11.6. The smallest absolute Gasteiger partial charge is 0.0882 e. The zero-order valence-electron chi connectivity index (χ0n) is 7.79. The van der Waals surface area contributed by atoms with Gasteiger partial charge in [-0.1, -0.05) is 0 Å². The number of halogens is 4. The van der Waals surface area contributed by atoms with E-state index in [1.807, 2.05) is 6.26 Å². The van der Waals surface area contributed by atoms with Gasteiger partial charge in [0.1, 0.15) is 0 Å². The zero-order chi connectivity index (χ0) is 10.9. The van der Waals surface area contributed by atoms with E-state index in [0.717, 1.165) is 0 Å². The van der Waals surface area contributed by atoms with Gasteiger partial charge in [0.15, 0.2) is 0 Å². The average molecular weight is 298 g/mol. The predicted molar refractivity (Wildman–Crippen MR) is 66.7 cm³/mol. The summed E-state index contributed by atoms with van der Waals surface area (Å²) in [4.78, 5) is 0. The van der Waals surface area contributed by atoms with Crippen LogP contribution in [0.1, 0.15) is 0 Å². The van der Waals surface area contributed by atoms with Crippen LogP contribution in [0.3, 0.4) is 0 Å². The van der Waals surface area contributed by atoms with Crippen molar-refractivity contribution in [1.82, 2.24) is 0 Å². The first-order valence-electron chi connectivity index (χ1n) is 4.16. The van der Waals surface area contributed by atoms with Gasteiger partial charge >= 0.3 is 0 Å². The van der Waals surface area contributed by atoms with E-state index in [4.69, 9.17) is 51.1 Å². The topological polar surface area (TPSA) is 9.23 Å². The predicted octanol–water partition coefficient (Wildman–Crippen LogP) is 3.18. The van der Waals surface area contributed by atoms with E-state index in [2.05, 4.69) is 0 Å². The van der Waals surface area contributed by atoms with E-state index in [1.54, 1.807) is 18.9 Å². The monoisotopic (exact) mass is 296 g/mol. The number of alkyl halides is 4. The molecule has 1 aliphatic carbocycles. The van der Waals surface area contributed by atoms with Gasteiger partial charge < -0.3 is 4.74 Å². The standard InChI is InChI=1S/C8H12Cl4OS/c1-13-7-5(11)3(9)4(10)6(12)8(7)14-2/h3-8H,1-2H3. The maximum absolute atomic E-state index is 6.19. The molecule has 0 bridgehead atoms. The first kappa shape index (κ1) is 13.5. The van der Waals surface area contributed by atoms with Gasteiger partial charge in [0.2, 0.25) is 0 Å². The van der Waals surface area contributed by atoms with Crippen LogP contribution in [-0.4, -0.2) is 46.2 Å². The lowest BCUT2D eigenvalue weighted by atomic mass is 9.95. The first-order chi connectivity index (χ1) is 6.54. The Labute approximate surface area is 109 Å². The SMILES string of the molecule is COC1C(Cl)C(Cl)C(Cl)C(Cl)C1SC. The fourth-order valence-electron chi connectivity index (χ4n) is 1.60. The summed E-state index contributed by atoms with van der Waals surface area (Å²) in [5.74, 6) is 0. The van der Waals surface area contributed by atoms with Gasteiger partial charge in [-0.25, -0.2) is 0 Å². The highest BCUT2D eigenvalue weighted by atomic mass is 35.5. The average Bonchev–Trinajstić information content (AvgIpc) is 2.20. The molecule has 6 atom stereocenters. The highest BCUT2D eigenvalue weighted by Crippen LogP contribution is 2.40. The van der Waals surface area contributed by atoms with E-state index >= 15 is 0 Å². The van der Waals surface area contributed by atoms with Crippen molar-refractivity contribution in [2.24, 2.45) is 0 Å². The van der Waals surface area contributed by atoms with Gasteiger partial charge in [0.25, 0.3) is 0 Å². The highest BCUT2D eigenvalue weighted by molar-refractivity contribution is 7.99. The van der Waals surface area contributed by atoms with Crippen molar-refractivity contribution in [2.45, 2.75) is 32.9 Å². The molecule has 84 valence electrons. The number of ether oxygens (including phenoxy) is 1. The summed E-state index contributed by atoms with van der Waals surface area (Å²) in [7, 11) is 1.62. The van der Waals surface area contributed by atoms with E-state index in [1.165, 1.54) is 0 Å². The highest BCUT2D eigenvalue weighted by Gasteiger charge is 2.48. The van der Waals surface area contributed by atoms with Gasteiger partial charge in [-0.15, -0.1) is 46.4 Å². The minimum absolute atomic E-state index is 0.0849. The Morgan fingerprint density at radius 2 is 1.43 bits per heavy atom. The molecule has 1 aliphatic rings. The third kappa shape index (κ3) is 2.41. The Morgan fingerprint density at radius 1 is 0.929 bits per heavy atom. The quantitative estimate of drug-likeness (QED) is 0.724. The summed E-state index contributed by atoms with van der Waals surface area (Å²) >= 11 is 26.1. The molecule has 0 amide bonds. The van der Waals surface area contributed by atoms with Crippen LogP contribution in [0.15, 0.2) is 0 Å². The molecule has 0 aromatic rings. The number of hydrogen-bond acceptors (Lipinski definition) is 2. The molecule has 0 spiro atoms. The Morgan fingerprint density at radius 3 is 1.86 bits per heavy atom. The largest absolute Gasteiger partial charge is 0.379 e. The lowest BCUT2D eigenvalue weighted by Gasteiger charge is -2.42. The van der Waals surface area contributed by atoms with Crippen molar-refractivity contribution >= 4 is 58.2 Å². The van der Waals surface area contributed by atoms with Crippen LogP contribution in [-0.2, 0) is 4.74 Å². The second-order valence-corrected chi connectivity index (χ2v) is 6.21. The van der Waals surface area contributed by atoms with Gasteiger partial charge in [-0.3, -0.25) is 0 Å². The van der Waals surface area contributed by atoms with Crippen LogP contribution in [0.25, 0.3) is 0 Å². The second-order valence-electron chi connectivity index (χ2n) is 3.18. The van der Waals surface area contributed by atoms with Crippen LogP contribution in [0.2, 0.25) is 0 Å².